The maximum atomic E-state index is 6.40. The minimum Gasteiger partial charge on any atom is -0.456 e. The average molecular weight is 671 g/mol. The van der Waals surface area contributed by atoms with Crippen LogP contribution >= 0.6 is 11.3 Å². The summed E-state index contributed by atoms with van der Waals surface area (Å²) in [6, 6.07) is 54.9. The van der Waals surface area contributed by atoms with E-state index in [4.69, 9.17) is 19.4 Å². The summed E-state index contributed by atoms with van der Waals surface area (Å²) in [5.41, 5.74) is 7.92. The summed E-state index contributed by atoms with van der Waals surface area (Å²) in [5, 5.41) is 7.12. The summed E-state index contributed by atoms with van der Waals surface area (Å²) in [6.07, 6.45) is 0. The van der Waals surface area contributed by atoms with Crippen molar-refractivity contribution >= 4 is 75.3 Å². The van der Waals surface area contributed by atoms with E-state index >= 15 is 0 Å². The zero-order chi connectivity index (χ0) is 33.5. The van der Waals surface area contributed by atoms with E-state index in [0.717, 1.165) is 60.6 Å². The van der Waals surface area contributed by atoms with Crippen LogP contribution in [0.5, 0.6) is 0 Å². The molecule has 4 aromatic heterocycles. The minimum absolute atomic E-state index is 0.583. The lowest BCUT2D eigenvalue weighted by molar-refractivity contribution is 0.669. The molecule has 0 amide bonds. The standard InChI is InChI=1S/C45H26N4OS/c1-2-11-27(12-3-1)43-46-44(48-45(47-43)49-35-18-7-4-15-31(35)32-16-5-8-19-36(32)49)30-14-10-13-28(25-30)29-21-22-37-34(26-29)41-38(50-37)23-24-40-42(41)33-17-6-9-20-39(33)51-40/h1-26H. The largest absolute Gasteiger partial charge is 0.456 e. The van der Waals surface area contributed by atoms with Crippen LogP contribution in [0, 0.1) is 0 Å². The van der Waals surface area contributed by atoms with Gasteiger partial charge in [-0.2, -0.15) is 9.97 Å². The van der Waals surface area contributed by atoms with E-state index in [1.807, 2.05) is 41.7 Å². The highest BCUT2D eigenvalue weighted by Crippen LogP contribution is 2.43. The maximum absolute atomic E-state index is 6.40. The fourth-order valence-corrected chi connectivity index (χ4v) is 8.66. The second kappa shape index (κ2) is 10.9. The number of benzene rings is 7. The molecular weight excluding hydrogens is 645 g/mol. The first-order valence-corrected chi connectivity index (χ1v) is 17.8. The summed E-state index contributed by atoms with van der Waals surface area (Å²) in [5.74, 6) is 1.82. The summed E-state index contributed by atoms with van der Waals surface area (Å²) in [6.45, 7) is 0. The Morgan fingerprint density at radius 2 is 1.04 bits per heavy atom. The van der Waals surface area contributed by atoms with Gasteiger partial charge in [0.2, 0.25) is 5.95 Å². The molecule has 4 heterocycles. The molecule has 51 heavy (non-hydrogen) atoms. The van der Waals surface area contributed by atoms with E-state index in [-0.39, 0.29) is 0 Å². The summed E-state index contributed by atoms with van der Waals surface area (Å²) >= 11 is 1.83. The molecule has 238 valence electrons. The molecule has 6 heteroatoms. The van der Waals surface area contributed by atoms with Crippen molar-refractivity contribution in [3.63, 3.8) is 0 Å². The van der Waals surface area contributed by atoms with E-state index in [1.54, 1.807) is 0 Å². The van der Waals surface area contributed by atoms with Gasteiger partial charge in [0.1, 0.15) is 11.2 Å². The van der Waals surface area contributed by atoms with Crippen LogP contribution in [0.15, 0.2) is 162 Å². The van der Waals surface area contributed by atoms with Crippen molar-refractivity contribution in [2.75, 3.05) is 0 Å². The van der Waals surface area contributed by atoms with Crippen molar-refractivity contribution in [3.8, 4) is 39.9 Å². The molecule has 0 saturated carbocycles. The Morgan fingerprint density at radius 3 is 1.84 bits per heavy atom. The number of thiophene rings is 1. The van der Waals surface area contributed by atoms with Crippen molar-refractivity contribution in [1.82, 2.24) is 19.5 Å². The summed E-state index contributed by atoms with van der Waals surface area (Å²) in [4.78, 5) is 15.3. The molecule has 0 fully saturated rings. The normalized spacial score (nSPS) is 11.9. The van der Waals surface area contributed by atoms with Crippen LogP contribution in [0.3, 0.4) is 0 Å². The molecule has 7 aromatic carbocycles. The van der Waals surface area contributed by atoms with Gasteiger partial charge >= 0.3 is 0 Å². The molecule has 0 radical (unpaired) electrons. The second-order valence-electron chi connectivity index (χ2n) is 12.8. The van der Waals surface area contributed by atoms with Gasteiger partial charge in [0.25, 0.3) is 0 Å². The Labute approximate surface area is 295 Å². The lowest BCUT2D eigenvalue weighted by Gasteiger charge is -2.11. The van der Waals surface area contributed by atoms with Crippen molar-refractivity contribution in [2.45, 2.75) is 0 Å². The van der Waals surface area contributed by atoms with Crippen LogP contribution in [-0.4, -0.2) is 19.5 Å². The quantitative estimate of drug-likeness (QED) is 0.187. The van der Waals surface area contributed by atoms with Crippen molar-refractivity contribution in [2.24, 2.45) is 0 Å². The zero-order valence-electron chi connectivity index (χ0n) is 27.1. The van der Waals surface area contributed by atoms with Crippen LogP contribution < -0.4 is 0 Å². The predicted octanol–water partition coefficient (Wildman–Crippen LogP) is 12.2. The molecule has 0 atom stereocenters. The summed E-state index contributed by atoms with van der Waals surface area (Å²) in [7, 11) is 0. The Kier molecular flexibility index (Phi) is 6.05. The van der Waals surface area contributed by atoms with Crippen LogP contribution in [0.4, 0.5) is 0 Å². The number of nitrogens with zero attached hydrogens (tertiary/aromatic N) is 4. The lowest BCUT2D eigenvalue weighted by atomic mass is 9.99. The molecule has 0 aliphatic carbocycles. The van der Waals surface area contributed by atoms with Crippen molar-refractivity contribution < 1.29 is 4.42 Å². The highest BCUT2D eigenvalue weighted by Gasteiger charge is 2.19. The molecule has 0 aliphatic heterocycles. The van der Waals surface area contributed by atoms with E-state index in [1.165, 1.54) is 25.6 Å². The van der Waals surface area contributed by atoms with Gasteiger partial charge in [-0.25, -0.2) is 4.98 Å². The zero-order valence-corrected chi connectivity index (χ0v) is 27.9. The Hall–Kier alpha value is -6.63. The van der Waals surface area contributed by atoms with Gasteiger partial charge in [-0.3, -0.25) is 4.57 Å². The first kappa shape index (κ1) is 28.2. The fraction of sp³-hybridized carbons (Fsp3) is 0. The molecule has 11 aromatic rings. The van der Waals surface area contributed by atoms with E-state index in [9.17, 15) is 0 Å². The Balaban J connectivity index is 1.11. The monoisotopic (exact) mass is 670 g/mol. The van der Waals surface area contributed by atoms with E-state index in [2.05, 4.69) is 132 Å². The lowest BCUT2D eigenvalue weighted by Crippen LogP contribution is -2.06. The van der Waals surface area contributed by atoms with Crippen LogP contribution in [0.1, 0.15) is 0 Å². The number of para-hydroxylation sites is 2. The number of fused-ring (bicyclic) bond motifs is 10. The van der Waals surface area contributed by atoms with Crippen LogP contribution in [0.25, 0.3) is 104 Å². The van der Waals surface area contributed by atoms with Crippen LogP contribution in [-0.2, 0) is 0 Å². The third-order valence-corrected chi connectivity index (χ3v) is 11.0. The molecule has 0 spiro atoms. The fourth-order valence-electron chi connectivity index (χ4n) is 7.55. The number of hydrogen-bond acceptors (Lipinski definition) is 5. The highest BCUT2D eigenvalue weighted by atomic mass is 32.1. The van der Waals surface area contributed by atoms with Gasteiger partial charge in [0.15, 0.2) is 11.6 Å². The summed E-state index contributed by atoms with van der Waals surface area (Å²) < 4.78 is 11.1. The number of rotatable bonds is 4. The van der Waals surface area contributed by atoms with E-state index in [0.29, 0.717) is 17.6 Å². The molecule has 0 unspecified atom stereocenters. The molecule has 0 saturated heterocycles. The van der Waals surface area contributed by atoms with Crippen LogP contribution in [0.2, 0.25) is 0 Å². The maximum Gasteiger partial charge on any atom is 0.238 e. The highest BCUT2D eigenvalue weighted by molar-refractivity contribution is 7.26. The molecule has 5 nitrogen and oxygen atoms in total. The molecule has 0 N–H and O–H groups in total. The van der Waals surface area contributed by atoms with Gasteiger partial charge < -0.3 is 4.42 Å². The Morgan fingerprint density at radius 1 is 0.412 bits per heavy atom. The van der Waals surface area contributed by atoms with Crippen molar-refractivity contribution in [1.29, 1.82) is 0 Å². The van der Waals surface area contributed by atoms with Gasteiger partial charge in [0.05, 0.1) is 11.0 Å². The third-order valence-electron chi connectivity index (χ3n) is 9.86. The first-order valence-electron chi connectivity index (χ1n) is 16.9. The molecule has 0 bridgehead atoms. The third kappa shape index (κ3) is 4.37. The molecular formula is C45H26N4OS. The van der Waals surface area contributed by atoms with Gasteiger partial charge in [0, 0.05) is 52.8 Å². The topological polar surface area (TPSA) is 56.7 Å². The number of hydrogen-bond donors (Lipinski definition) is 0. The molecule has 11 rings (SSSR count). The second-order valence-corrected chi connectivity index (χ2v) is 13.9. The number of furan rings is 1. The van der Waals surface area contributed by atoms with Gasteiger partial charge in [-0.1, -0.05) is 109 Å². The number of aromatic nitrogens is 4. The van der Waals surface area contributed by atoms with Crippen molar-refractivity contribution in [3.05, 3.63) is 158 Å². The Bertz CT molecular complexity index is 3100. The first-order chi connectivity index (χ1) is 25.3. The minimum atomic E-state index is 0.583. The smallest absolute Gasteiger partial charge is 0.238 e. The molecule has 0 aliphatic rings. The van der Waals surface area contributed by atoms with Gasteiger partial charge in [-0.05, 0) is 59.7 Å². The SMILES string of the molecule is c1ccc(-c2nc(-c3cccc(-c4ccc5oc6ccc7sc8ccccc8c7c6c5c4)c3)nc(-n3c4ccccc4c4ccccc43)n2)cc1. The predicted molar refractivity (Wildman–Crippen MR) is 211 cm³/mol. The van der Waals surface area contributed by atoms with Gasteiger partial charge in [-0.15, -0.1) is 11.3 Å². The average Bonchev–Trinajstić information content (AvgIpc) is 3.87. The van der Waals surface area contributed by atoms with E-state index < -0.39 is 0 Å².